The Labute approximate surface area is 77.7 Å². The van der Waals surface area contributed by atoms with Crippen LogP contribution in [0.25, 0.3) is 0 Å². The number of methoxy groups -OCH3 is 1. The molecular weight excluding hydrogens is 173 g/mol. The van der Waals surface area contributed by atoms with Crippen LogP contribution < -0.4 is 5.32 Å². The number of aliphatic hydroxyl groups excluding tert-OH is 1. The molecule has 0 saturated heterocycles. The van der Waals surface area contributed by atoms with Crippen LogP contribution in [0.2, 0.25) is 0 Å². The van der Waals surface area contributed by atoms with Gasteiger partial charge in [0.25, 0.3) is 0 Å². The van der Waals surface area contributed by atoms with E-state index in [1.165, 1.54) is 7.11 Å². The van der Waals surface area contributed by atoms with Gasteiger partial charge in [0.1, 0.15) is 0 Å². The van der Waals surface area contributed by atoms with Gasteiger partial charge in [0.05, 0.1) is 0 Å². The monoisotopic (exact) mass is 187 g/mol. The quantitative estimate of drug-likeness (QED) is 0.390. The van der Waals surface area contributed by atoms with E-state index in [4.69, 9.17) is 5.11 Å². The minimum atomic E-state index is -0.314. The fourth-order valence-electron chi connectivity index (χ4n) is 0.867. The molecule has 6 heteroatoms. The van der Waals surface area contributed by atoms with Crippen LogP contribution in [0.4, 0.5) is 0 Å². The Morgan fingerprint density at radius 1 is 1.69 bits per heavy atom. The van der Waals surface area contributed by atoms with Crippen molar-refractivity contribution in [2.75, 3.05) is 20.2 Å². The summed E-state index contributed by atoms with van der Waals surface area (Å²) in [5, 5.41) is 11.6. The normalized spacial score (nSPS) is 11.8. The molecule has 13 heavy (non-hydrogen) atoms. The topological polar surface area (TPSA) is 75.6 Å². The number of esters is 1. The van der Waals surface area contributed by atoms with Crippen molar-refractivity contribution in [3.8, 4) is 0 Å². The molecule has 2 N–H and O–H groups in total. The number of hydrogen-bond acceptors (Lipinski definition) is 5. The molecule has 0 saturated carbocycles. The van der Waals surface area contributed by atoms with Crippen molar-refractivity contribution in [3.05, 3.63) is 0 Å². The van der Waals surface area contributed by atoms with E-state index in [0.717, 1.165) is 0 Å². The molecule has 74 valence electrons. The molecule has 0 spiro atoms. The van der Waals surface area contributed by atoms with Crippen LogP contribution in [0, 0.1) is 0 Å². The van der Waals surface area contributed by atoms with E-state index in [0.29, 0.717) is 13.6 Å². The molecule has 0 aromatic rings. The number of nitrogens with one attached hydrogen (secondary N) is 1. The molecule has 0 aliphatic carbocycles. The Morgan fingerprint density at radius 3 is 2.85 bits per heavy atom. The second-order valence-electron chi connectivity index (χ2n) is 2.57. The van der Waals surface area contributed by atoms with Crippen LogP contribution in [0.3, 0.4) is 0 Å². The number of carbonyl (C=O) groups is 1. The van der Waals surface area contributed by atoms with Crippen molar-refractivity contribution in [1.82, 2.24) is 5.32 Å². The van der Waals surface area contributed by atoms with Gasteiger partial charge in [0, 0.05) is 0 Å². The Balaban J connectivity index is 3.58. The molecule has 5 nitrogen and oxygen atoms in total. The third-order valence-corrected chi connectivity index (χ3v) is 1.63. The first-order valence-electron chi connectivity index (χ1n) is 4.09. The second-order valence-corrected chi connectivity index (χ2v) is 2.57. The summed E-state index contributed by atoms with van der Waals surface area (Å²) in [6, 6.07) is -0.218. The molecule has 0 heterocycles. The van der Waals surface area contributed by atoms with Crippen LogP contribution in [-0.4, -0.2) is 44.4 Å². The summed E-state index contributed by atoms with van der Waals surface area (Å²) in [5.41, 5.74) is 0. The molecule has 0 amide bonds. The number of ether oxygens (including phenoxy) is 1. The van der Waals surface area contributed by atoms with Gasteiger partial charge in [-0.25, -0.2) is 0 Å². The van der Waals surface area contributed by atoms with E-state index in [9.17, 15) is 9.50 Å². The fourth-order valence-corrected chi connectivity index (χ4v) is 0.867. The van der Waals surface area contributed by atoms with Crippen LogP contribution in [0.1, 0.15) is 12.8 Å². The van der Waals surface area contributed by atoms with Gasteiger partial charge in [-0.2, -0.15) is 0 Å². The third kappa shape index (κ3) is 6.42. The first-order valence-corrected chi connectivity index (χ1v) is 4.09. The maximum absolute atomic E-state index is 10.7. The summed E-state index contributed by atoms with van der Waals surface area (Å²) in [7, 11) is 2.02. The van der Waals surface area contributed by atoms with E-state index in [-0.39, 0.29) is 31.5 Å². The number of carbonyl (C=O) groups excluding carboxylic acids is 1. The molecular formula is C7H14BNO4. The standard InChI is InChI=1S/C7H14BNO4/c1-13-7(11)3-2-6(4-10)9-5-8-12/h6,9-10H,2-5H2,1H3. The van der Waals surface area contributed by atoms with Crippen LogP contribution in [-0.2, 0) is 14.2 Å². The maximum atomic E-state index is 10.7. The van der Waals surface area contributed by atoms with Crippen LogP contribution >= 0.6 is 0 Å². The van der Waals surface area contributed by atoms with Crippen molar-refractivity contribution < 1.29 is 19.3 Å². The third-order valence-electron chi connectivity index (χ3n) is 1.63. The van der Waals surface area contributed by atoms with E-state index in [2.05, 4.69) is 10.1 Å². The van der Waals surface area contributed by atoms with Gasteiger partial charge in [-0.15, -0.1) is 0 Å². The molecule has 0 aliphatic heterocycles. The molecule has 0 fully saturated rings. The SMILES string of the molecule is COC(=O)CCC(CO)NCB=O. The summed E-state index contributed by atoms with van der Waals surface area (Å²) < 4.78 is 14.4. The molecule has 0 aliphatic rings. The average Bonchev–Trinajstić information content (AvgIpc) is 2.17. The van der Waals surface area contributed by atoms with Gasteiger partial charge in [-0.3, -0.25) is 0 Å². The van der Waals surface area contributed by atoms with Gasteiger partial charge in [-0.1, -0.05) is 0 Å². The zero-order valence-corrected chi connectivity index (χ0v) is 7.66. The second kappa shape index (κ2) is 7.88. The molecule has 0 radical (unpaired) electrons. The molecule has 0 bridgehead atoms. The van der Waals surface area contributed by atoms with Crippen molar-refractivity contribution in [3.63, 3.8) is 0 Å². The molecule has 1 unspecified atom stereocenters. The number of aliphatic hydroxyl groups is 1. The van der Waals surface area contributed by atoms with E-state index >= 15 is 0 Å². The first kappa shape index (κ1) is 12.3. The minimum absolute atomic E-state index is 0.0924. The summed E-state index contributed by atoms with van der Waals surface area (Å²) >= 11 is 0. The Morgan fingerprint density at radius 2 is 2.38 bits per heavy atom. The van der Waals surface area contributed by atoms with E-state index in [1.807, 2.05) is 0 Å². The van der Waals surface area contributed by atoms with Gasteiger partial charge in [-0.05, 0) is 0 Å². The predicted molar refractivity (Wildman–Crippen MR) is 46.6 cm³/mol. The van der Waals surface area contributed by atoms with Crippen LogP contribution in [0.5, 0.6) is 0 Å². The summed E-state index contributed by atoms with van der Waals surface area (Å²) in [5.74, 6) is -0.314. The Hall–Kier alpha value is -0.745. The number of hydrogen-bond donors (Lipinski definition) is 2. The van der Waals surface area contributed by atoms with Crippen molar-refractivity contribution >= 4 is 13.1 Å². The van der Waals surface area contributed by atoms with Crippen molar-refractivity contribution in [2.45, 2.75) is 18.9 Å². The van der Waals surface area contributed by atoms with Crippen LogP contribution in [0.15, 0.2) is 0 Å². The van der Waals surface area contributed by atoms with Crippen molar-refractivity contribution in [2.24, 2.45) is 0 Å². The zero-order chi connectivity index (χ0) is 10.1. The van der Waals surface area contributed by atoms with Crippen molar-refractivity contribution in [1.29, 1.82) is 0 Å². The van der Waals surface area contributed by atoms with E-state index in [1.54, 1.807) is 0 Å². The average molecular weight is 187 g/mol. The van der Waals surface area contributed by atoms with Gasteiger partial charge >= 0.3 is 76.8 Å². The Bertz CT molecular complexity index is 165. The Kier molecular flexibility index (Phi) is 7.43. The molecule has 0 aromatic carbocycles. The van der Waals surface area contributed by atoms with Gasteiger partial charge in [0.15, 0.2) is 0 Å². The summed E-state index contributed by atoms with van der Waals surface area (Å²) in [6.07, 6.45) is 0.900. The molecule has 0 aromatic heterocycles. The first-order chi connectivity index (χ1) is 6.24. The molecule has 1 atom stereocenters. The predicted octanol–water partition coefficient (Wildman–Crippen LogP) is -1.10. The zero-order valence-electron chi connectivity index (χ0n) is 7.66. The van der Waals surface area contributed by atoms with Gasteiger partial charge in [0.2, 0.25) is 0 Å². The molecule has 0 rings (SSSR count). The summed E-state index contributed by atoms with van der Waals surface area (Å²) in [6.45, 7) is -0.0924. The fraction of sp³-hybridized carbons (Fsp3) is 0.857. The van der Waals surface area contributed by atoms with Gasteiger partial charge < -0.3 is 0 Å². The van der Waals surface area contributed by atoms with E-state index < -0.39 is 0 Å². The number of rotatable bonds is 7. The summed E-state index contributed by atoms with van der Waals surface area (Å²) in [4.78, 5) is 10.7.